The Kier molecular flexibility index (Phi) is 5.93. The van der Waals surface area contributed by atoms with Gasteiger partial charge in [-0.1, -0.05) is 55.5 Å². The standard InChI is InChI=1S/C20H20N4O2S/c1-13(2)19-23-24-20(27-19)22-18(26)15-8-10-16(11-9-15)21-17(25)12-14-6-4-3-5-7-14/h3-11,13H,12H2,1-2H3,(H,21,25)(H,22,24,26). The number of benzene rings is 2. The van der Waals surface area contributed by atoms with E-state index in [1.165, 1.54) is 11.3 Å². The van der Waals surface area contributed by atoms with Crippen LogP contribution in [0.3, 0.4) is 0 Å². The van der Waals surface area contributed by atoms with Gasteiger partial charge in [-0.05, 0) is 29.8 Å². The van der Waals surface area contributed by atoms with E-state index in [1.807, 2.05) is 44.2 Å². The number of rotatable bonds is 6. The maximum absolute atomic E-state index is 12.3. The van der Waals surface area contributed by atoms with Gasteiger partial charge in [-0.15, -0.1) is 10.2 Å². The molecule has 27 heavy (non-hydrogen) atoms. The Hall–Kier alpha value is -3.06. The van der Waals surface area contributed by atoms with Crippen molar-refractivity contribution in [1.82, 2.24) is 10.2 Å². The molecule has 7 heteroatoms. The molecule has 0 aliphatic heterocycles. The highest BCUT2D eigenvalue weighted by molar-refractivity contribution is 7.15. The first-order valence-electron chi connectivity index (χ1n) is 8.60. The van der Waals surface area contributed by atoms with E-state index in [2.05, 4.69) is 20.8 Å². The van der Waals surface area contributed by atoms with Gasteiger partial charge in [-0.3, -0.25) is 14.9 Å². The van der Waals surface area contributed by atoms with Gasteiger partial charge in [0.05, 0.1) is 6.42 Å². The number of hydrogen-bond donors (Lipinski definition) is 2. The summed E-state index contributed by atoms with van der Waals surface area (Å²) in [5.74, 6) is -0.0935. The fourth-order valence-corrected chi connectivity index (χ4v) is 3.12. The summed E-state index contributed by atoms with van der Waals surface area (Å²) in [6.07, 6.45) is 0.304. The third-order valence-electron chi connectivity index (χ3n) is 3.79. The smallest absolute Gasteiger partial charge is 0.257 e. The molecule has 138 valence electrons. The Morgan fingerprint density at radius 1 is 0.963 bits per heavy atom. The molecule has 0 fully saturated rings. The van der Waals surface area contributed by atoms with Crippen molar-refractivity contribution in [2.75, 3.05) is 10.6 Å². The quantitative estimate of drug-likeness (QED) is 0.674. The number of amides is 2. The van der Waals surface area contributed by atoms with Crippen LogP contribution in [0.25, 0.3) is 0 Å². The second-order valence-electron chi connectivity index (χ2n) is 6.34. The Labute approximate surface area is 161 Å². The fourth-order valence-electron chi connectivity index (χ4n) is 2.38. The predicted octanol–water partition coefficient (Wildman–Crippen LogP) is 4.10. The van der Waals surface area contributed by atoms with Crippen LogP contribution < -0.4 is 10.6 Å². The third kappa shape index (κ3) is 5.21. The first-order chi connectivity index (χ1) is 13.0. The molecule has 6 nitrogen and oxygen atoms in total. The predicted molar refractivity (Wildman–Crippen MR) is 107 cm³/mol. The highest BCUT2D eigenvalue weighted by Gasteiger charge is 2.12. The molecule has 2 N–H and O–H groups in total. The molecule has 1 heterocycles. The second kappa shape index (κ2) is 8.55. The van der Waals surface area contributed by atoms with Gasteiger partial charge >= 0.3 is 0 Å². The summed E-state index contributed by atoms with van der Waals surface area (Å²) in [6, 6.07) is 16.3. The molecule has 0 saturated heterocycles. The zero-order chi connectivity index (χ0) is 19.2. The SMILES string of the molecule is CC(C)c1nnc(NC(=O)c2ccc(NC(=O)Cc3ccccc3)cc2)s1. The van der Waals surface area contributed by atoms with Crippen molar-refractivity contribution in [2.45, 2.75) is 26.2 Å². The largest absolute Gasteiger partial charge is 0.326 e. The van der Waals surface area contributed by atoms with Crippen LogP contribution >= 0.6 is 11.3 Å². The van der Waals surface area contributed by atoms with Crippen LogP contribution in [0.4, 0.5) is 10.8 Å². The fraction of sp³-hybridized carbons (Fsp3) is 0.200. The van der Waals surface area contributed by atoms with E-state index in [-0.39, 0.29) is 17.7 Å². The van der Waals surface area contributed by atoms with Gasteiger partial charge in [0.2, 0.25) is 11.0 Å². The minimum Gasteiger partial charge on any atom is -0.326 e. The summed E-state index contributed by atoms with van der Waals surface area (Å²) in [5, 5.41) is 15.0. The average molecular weight is 380 g/mol. The summed E-state index contributed by atoms with van der Waals surface area (Å²) in [5.41, 5.74) is 2.08. The van der Waals surface area contributed by atoms with Gasteiger partial charge in [-0.2, -0.15) is 0 Å². The lowest BCUT2D eigenvalue weighted by Gasteiger charge is -2.07. The number of nitrogens with zero attached hydrogens (tertiary/aromatic N) is 2. The van der Waals surface area contributed by atoms with Crippen LogP contribution in [-0.2, 0) is 11.2 Å². The van der Waals surface area contributed by atoms with Crippen LogP contribution in [0.15, 0.2) is 54.6 Å². The first kappa shape index (κ1) is 18.7. The van der Waals surface area contributed by atoms with Gasteiger partial charge in [0, 0.05) is 17.2 Å². The summed E-state index contributed by atoms with van der Waals surface area (Å²) in [4.78, 5) is 24.4. The number of carbonyl (C=O) groups is 2. The lowest BCUT2D eigenvalue weighted by molar-refractivity contribution is -0.115. The molecule has 2 aromatic carbocycles. The topological polar surface area (TPSA) is 84.0 Å². The van der Waals surface area contributed by atoms with E-state index in [0.717, 1.165) is 10.6 Å². The van der Waals surface area contributed by atoms with E-state index in [4.69, 9.17) is 0 Å². The van der Waals surface area contributed by atoms with Crippen LogP contribution in [0.1, 0.15) is 40.7 Å². The van der Waals surface area contributed by atoms with Gasteiger partial charge in [0.25, 0.3) is 5.91 Å². The molecule has 0 bridgehead atoms. The molecular formula is C20H20N4O2S. The second-order valence-corrected chi connectivity index (χ2v) is 7.35. The molecular weight excluding hydrogens is 360 g/mol. The minimum absolute atomic E-state index is 0.103. The van der Waals surface area contributed by atoms with Gasteiger partial charge in [0.1, 0.15) is 5.01 Å². The van der Waals surface area contributed by atoms with Gasteiger partial charge < -0.3 is 5.32 Å². The Balaban J connectivity index is 1.57. The molecule has 3 rings (SSSR count). The molecule has 0 unspecified atom stereocenters. The highest BCUT2D eigenvalue weighted by Crippen LogP contribution is 2.23. The number of carbonyl (C=O) groups excluding carboxylic acids is 2. The van der Waals surface area contributed by atoms with Crippen LogP contribution in [0, 0.1) is 0 Å². The van der Waals surface area contributed by atoms with E-state index < -0.39 is 0 Å². The minimum atomic E-state index is -0.261. The maximum Gasteiger partial charge on any atom is 0.257 e. The van der Waals surface area contributed by atoms with Crippen molar-refractivity contribution < 1.29 is 9.59 Å². The van der Waals surface area contributed by atoms with Crippen molar-refractivity contribution in [2.24, 2.45) is 0 Å². The molecule has 2 amide bonds. The van der Waals surface area contributed by atoms with E-state index in [0.29, 0.717) is 22.8 Å². The average Bonchev–Trinajstić information content (AvgIpc) is 3.12. The van der Waals surface area contributed by atoms with Crippen molar-refractivity contribution in [1.29, 1.82) is 0 Å². The Morgan fingerprint density at radius 2 is 1.67 bits per heavy atom. The molecule has 3 aromatic rings. The van der Waals surface area contributed by atoms with Gasteiger partial charge in [-0.25, -0.2) is 0 Å². The number of aromatic nitrogens is 2. The molecule has 0 radical (unpaired) electrons. The zero-order valence-corrected chi connectivity index (χ0v) is 15.9. The maximum atomic E-state index is 12.3. The number of nitrogens with one attached hydrogen (secondary N) is 2. The summed E-state index contributed by atoms with van der Waals surface area (Å²) in [7, 11) is 0. The number of anilines is 2. The highest BCUT2D eigenvalue weighted by atomic mass is 32.1. The molecule has 0 spiro atoms. The monoisotopic (exact) mass is 380 g/mol. The van der Waals surface area contributed by atoms with E-state index in [9.17, 15) is 9.59 Å². The molecule has 0 atom stereocenters. The summed E-state index contributed by atoms with van der Waals surface area (Å²) in [6.45, 7) is 4.05. The van der Waals surface area contributed by atoms with E-state index in [1.54, 1.807) is 24.3 Å². The molecule has 0 saturated carbocycles. The lowest BCUT2D eigenvalue weighted by atomic mass is 10.1. The van der Waals surface area contributed by atoms with Crippen molar-refractivity contribution in [3.05, 3.63) is 70.7 Å². The van der Waals surface area contributed by atoms with Crippen LogP contribution in [0.5, 0.6) is 0 Å². The normalized spacial score (nSPS) is 10.6. The lowest BCUT2D eigenvalue weighted by Crippen LogP contribution is -2.15. The Morgan fingerprint density at radius 3 is 2.30 bits per heavy atom. The van der Waals surface area contributed by atoms with E-state index >= 15 is 0 Å². The summed E-state index contributed by atoms with van der Waals surface area (Å²) < 4.78 is 0. The first-order valence-corrected chi connectivity index (χ1v) is 9.41. The van der Waals surface area contributed by atoms with Crippen molar-refractivity contribution in [3.8, 4) is 0 Å². The molecule has 1 aromatic heterocycles. The van der Waals surface area contributed by atoms with Crippen molar-refractivity contribution in [3.63, 3.8) is 0 Å². The number of hydrogen-bond acceptors (Lipinski definition) is 5. The van der Waals surface area contributed by atoms with Gasteiger partial charge in [0.15, 0.2) is 0 Å². The van der Waals surface area contributed by atoms with Crippen LogP contribution in [0.2, 0.25) is 0 Å². The zero-order valence-electron chi connectivity index (χ0n) is 15.1. The molecule has 0 aliphatic rings. The third-order valence-corrected chi connectivity index (χ3v) is 4.93. The van der Waals surface area contributed by atoms with Crippen molar-refractivity contribution >= 4 is 34.0 Å². The molecule has 0 aliphatic carbocycles. The summed E-state index contributed by atoms with van der Waals surface area (Å²) >= 11 is 1.37. The van der Waals surface area contributed by atoms with Crippen LogP contribution in [-0.4, -0.2) is 22.0 Å². The Bertz CT molecular complexity index is 921.